The van der Waals surface area contributed by atoms with Crippen LogP contribution < -0.4 is 10.5 Å². The molecule has 0 atom stereocenters. The van der Waals surface area contributed by atoms with Crippen LogP contribution in [0.25, 0.3) is 0 Å². The summed E-state index contributed by atoms with van der Waals surface area (Å²) in [5.74, 6) is 0.169. The quantitative estimate of drug-likeness (QED) is 0.896. The molecule has 2 N–H and O–H groups in total. The molecule has 0 amide bonds. The summed E-state index contributed by atoms with van der Waals surface area (Å²) in [7, 11) is 0. The Balaban J connectivity index is 2.25. The van der Waals surface area contributed by atoms with Crippen LogP contribution in [0.4, 0.5) is 19.0 Å². The van der Waals surface area contributed by atoms with Crippen molar-refractivity contribution in [3.05, 3.63) is 42.1 Å². The molecule has 1 aromatic carbocycles. The first-order valence-electron chi connectivity index (χ1n) is 4.89. The van der Waals surface area contributed by atoms with E-state index in [1.54, 1.807) is 0 Å². The van der Waals surface area contributed by atoms with E-state index >= 15 is 0 Å². The van der Waals surface area contributed by atoms with Gasteiger partial charge in [-0.15, -0.1) is 0 Å². The Morgan fingerprint density at radius 2 is 1.94 bits per heavy atom. The van der Waals surface area contributed by atoms with Crippen molar-refractivity contribution in [2.24, 2.45) is 0 Å². The fraction of sp³-hybridized carbons (Fsp3) is 0.0909. The molecule has 0 unspecified atom stereocenters. The highest BCUT2D eigenvalue weighted by Gasteiger charge is 2.30. The predicted octanol–water partition coefficient (Wildman–Crippen LogP) is 2.87. The normalized spacial score (nSPS) is 11.3. The summed E-state index contributed by atoms with van der Waals surface area (Å²) in [6.45, 7) is 0. The Morgan fingerprint density at radius 3 is 2.61 bits per heavy atom. The Bertz CT molecular complexity index is 557. The van der Waals surface area contributed by atoms with E-state index in [2.05, 4.69) is 9.97 Å². The highest BCUT2D eigenvalue weighted by Crippen LogP contribution is 2.32. The first-order chi connectivity index (χ1) is 8.45. The number of alkyl halides is 3. The predicted molar refractivity (Wildman–Crippen MR) is 58.0 cm³/mol. The SMILES string of the molecule is Nc1ccnc(Oc2cccc(C(F)(F)F)c2)n1. The molecule has 0 aliphatic rings. The van der Waals surface area contributed by atoms with Crippen molar-refractivity contribution in [2.75, 3.05) is 5.73 Å². The molecule has 0 aliphatic heterocycles. The molecule has 0 saturated carbocycles. The van der Waals surface area contributed by atoms with Gasteiger partial charge in [0.15, 0.2) is 0 Å². The zero-order chi connectivity index (χ0) is 13.2. The van der Waals surface area contributed by atoms with Crippen molar-refractivity contribution in [3.63, 3.8) is 0 Å². The molecule has 0 fully saturated rings. The maximum atomic E-state index is 12.5. The van der Waals surface area contributed by atoms with Crippen LogP contribution in [0, 0.1) is 0 Å². The number of nitrogens with two attached hydrogens (primary N) is 1. The number of nitrogen functional groups attached to an aromatic ring is 1. The van der Waals surface area contributed by atoms with Crippen LogP contribution in [0.1, 0.15) is 5.56 Å². The van der Waals surface area contributed by atoms with Gasteiger partial charge in [0.2, 0.25) is 0 Å². The second-order valence-corrected chi connectivity index (χ2v) is 3.39. The molecule has 1 aromatic heterocycles. The zero-order valence-electron chi connectivity index (χ0n) is 8.98. The maximum absolute atomic E-state index is 12.5. The van der Waals surface area contributed by atoms with Crippen LogP contribution in [-0.4, -0.2) is 9.97 Å². The van der Waals surface area contributed by atoms with Crippen LogP contribution in [-0.2, 0) is 6.18 Å². The highest BCUT2D eigenvalue weighted by atomic mass is 19.4. The number of rotatable bonds is 2. The lowest BCUT2D eigenvalue weighted by Crippen LogP contribution is -2.04. The minimum absolute atomic E-state index is 0.00424. The maximum Gasteiger partial charge on any atom is 0.416 e. The summed E-state index contributed by atoms with van der Waals surface area (Å²) in [4.78, 5) is 7.46. The van der Waals surface area contributed by atoms with E-state index in [0.29, 0.717) is 0 Å². The van der Waals surface area contributed by atoms with Gasteiger partial charge in [-0.1, -0.05) is 6.07 Å². The third-order valence-corrected chi connectivity index (χ3v) is 2.03. The van der Waals surface area contributed by atoms with Gasteiger partial charge in [-0.05, 0) is 24.3 Å². The number of hydrogen-bond donors (Lipinski definition) is 1. The molecule has 1 heterocycles. The van der Waals surface area contributed by atoms with E-state index in [1.807, 2.05) is 0 Å². The van der Waals surface area contributed by atoms with Gasteiger partial charge in [-0.2, -0.15) is 18.2 Å². The number of hydrogen-bond acceptors (Lipinski definition) is 4. The van der Waals surface area contributed by atoms with E-state index in [1.165, 1.54) is 24.4 Å². The zero-order valence-corrected chi connectivity index (χ0v) is 8.98. The average Bonchev–Trinajstić information content (AvgIpc) is 2.28. The molecule has 18 heavy (non-hydrogen) atoms. The average molecular weight is 255 g/mol. The lowest BCUT2D eigenvalue weighted by Gasteiger charge is -2.08. The lowest BCUT2D eigenvalue weighted by atomic mass is 10.2. The number of anilines is 1. The first-order valence-corrected chi connectivity index (χ1v) is 4.89. The second kappa shape index (κ2) is 4.52. The number of ether oxygens (including phenoxy) is 1. The van der Waals surface area contributed by atoms with Gasteiger partial charge in [-0.25, -0.2) is 4.98 Å². The van der Waals surface area contributed by atoms with E-state index in [4.69, 9.17) is 10.5 Å². The van der Waals surface area contributed by atoms with Gasteiger partial charge < -0.3 is 10.5 Å². The number of nitrogens with zero attached hydrogens (tertiary/aromatic N) is 2. The van der Waals surface area contributed by atoms with E-state index < -0.39 is 11.7 Å². The molecule has 0 radical (unpaired) electrons. The second-order valence-electron chi connectivity index (χ2n) is 3.39. The standard InChI is InChI=1S/C11H8F3N3O/c12-11(13,14)7-2-1-3-8(6-7)18-10-16-5-4-9(15)17-10/h1-6H,(H2,15,16,17). The van der Waals surface area contributed by atoms with Gasteiger partial charge in [0, 0.05) is 6.20 Å². The van der Waals surface area contributed by atoms with Crippen molar-refractivity contribution < 1.29 is 17.9 Å². The minimum Gasteiger partial charge on any atom is -0.424 e. The Morgan fingerprint density at radius 1 is 1.17 bits per heavy atom. The van der Waals surface area contributed by atoms with Gasteiger partial charge in [0.05, 0.1) is 5.56 Å². The fourth-order valence-electron chi connectivity index (χ4n) is 1.24. The molecule has 4 nitrogen and oxygen atoms in total. The van der Waals surface area contributed by atoms with E-state index in [9.17, 15) is 13.2 Å². The largest absolute Gasteiger partial charge is 0.424 e. The van der Waals surface area contributed by atoms with Crippen molar-refractivity contribution in [1.82, 2.24) is 9.97 Å². The highest BCUT2D eigenvalue weighted by molar-refractivity contribution is 5.33. The van der Waals surface area contributed by atoms with Gasteiger partial charge in [0.1, 0.15) is 11.6 Å². The Labute approximate surface area is 100 Å². The van der Waals surface area contributed by atoms with Crippen molar-refractivity contribution in [1.29, 1.82) is 0 Å². The molecule has 2 aromatic rings. The number of aromatic nitrogens is 2. The Kier molecular flexibility index (Phi) is 3.05. The third kappa shape index (κ3) is 2.88. The minimum atomic E-state index is -4.42. The molecule has 0 aliphatic carbocycles. The molecule has 0 saturated heterocycles. The molecule has 0 bridgehead atoms. The summed E-state index contributed by atoms with van der Waals surface area (Å²) in [6, 6.07) is 5.78. The molecular formula is C11H8F3N3O. The summed E-state index contributed by atoms with van der Waals surface area (Å²) in [6.07, 6.45) is -3.07. The summed E-state index contributed by atoms with van der Waals surface area (Å²) < 4.78 is 42.5. The van der Waals surface area contributed by atoms with E-state index in [-0.39, 0.29) is 17.6 Å². The first kappa shape index (κ1) is 12.2. The molecule has 94 valence electrons. The van der Waals surface area contributed by atoms with Crippen molar-refractivity contribution >= 4 is 5.82 Å². The number of benzene rings is 1. The van der Waals surface area contributed by atoms with Crippen LogP contribution in [0.2, 0.25) is 0 Å². The summed E-state index contributed by atoms with van der Waals surface area (Å²) in [5, 5.41) is 0. The molecule has 2 rings (SSSR count). The molecule has 0 spiro atoms. The smallest absolute Gasteiger partial charge is 0.416 e. The van der Waals surface area contributed by atoms with Crippen LogP contribution >= 0.6 is 0 Å². The summed E-state index contributed by atoms with van der Waals surface area (Å²) in [5.41, 5.74) is 4.60. The van der Waals surface area contributed by atoms with Crippen LogP contribution in [0.3, 0.4) is 0 Å². The van der Waals surface area contributed by atoms with Crippen molar-refractivity contribution in [2.45, 2.75) is 6.18 Å². The molecule has 7 heteroatoms. The summed E-state index contributed by atoms with van der Waals surface area (Å²) >= 11 is 0. The number of halogens is 3. The van der Waals surface area contributed by atoms with Crippen LogP contribution in [0.15, 0.2) is 36.5 Å². The van der Waals surface area contributed by atoms with E-state index in [0.717, 1.165) is 12.1 Å². The lowest BCUT2D eigenvalue weighted by molar-refractivity contribution is -0.137. The monoisotopic (exact) mass is 255 g/mol. The van der Waals surface area contributed by atoms with Gasteiger partial charge >= 0.3 is 12.2 Å². The van der Waals surface area contributed by atoms with Crippen molar-refractivity contribution in [3.8, 4) is 11.8 Å². The topological polar surface area (TPSA) is 61.0 Å². The van der Waals surface area contributed by atoms with Gasteiger partial charge in [-0.3, -0.25) is 0 Å². The van der Waals surface area contributed by atoms with Gasteiger partial charge in [0.25, 0.3) is 0 Å². The van der Waals surface area contributed by atoms with Crippen LogP contribution in [0.5, 0.6) is 11.8 Å². The molecular weight excluding hydrogens is 247 g/mol. The Hall–Kier alpha value is -2.31. The third-order valence-electron chi connectivity index (χ3n) is 2.03. The fourth-order valence-corrected chi connectivity index (χ4v) is 1.24.